The van der Waals surface area contributed by atoms with E-state index in [2.05, 4.69) is 39.6 Å². The van der Waals surface area contributed by atoms with Crippen LogP contribution in [0, 0.1) is 46.3 Å². The minimum absolute atomic E-state index is 0.188. The molecule has 0 spiro atoms. The summed E-state index contributed by atoms with van der Waals surface area (Å²) < 4.78 is 20.3. The first-order valence-corrected chi connectivity index (χ1v) is 18.4. The molecule has 0 aromatic heterocycles. The lowest BCUT2D eigenvalue weighted by atomic mass is 9.43. The van der Waals surface area contributed by atoms with Gasteiger partial charge in [-0.1, -0.05) is 27.7 Å². The van der Waals surface area contributed by atoms with Gasteiger partial charge in [0.05, 0.1) is 18.3 Å². The summed E-state index contributed by atoms with van der Waals surface area (Å²) in [5.74, 6) is 3.94. The van der Waals surface area contributed by atoms with Gasteiger partial charge in [-0.15, -0.1) is 0 Å². The number of rotatable bonds is 18. The molecule has 7 nitrogen and oxygen atoms in total. The van der Waals surface area contributed by atoms with Crippen LogP contribution in [0.4, 0.5) is 0 Å². The minimum atomic E-state index is 0.188. The zero-order valence-electron chi connectivity index (χ0n) is 28.7. The van der Waals surface area contributed by atoms with E-state index in [4.69, 9.17) is 31.4 Å². The summed E-state index contributed by atoms with van der Waals surface area (Å²) in [6.07, 6.45) is 15.0. The van der Waals surface area contributed by atoms with Gasteiger partial charge in [0.1, 0.15) is 0 Å². The molecule has 4 unspecified atom stereocenters. The number of fused-ring (bicyclic) bond motifs is 5. The molecular formula is C36H70N4O3. The summed E-state index contributed by atoms with van der Waals surface area (Å²) in [6, 6.07) is 0. The molecule has 4 saturated carbocycles. The van der Waals surface area contributed by atoms with Crippen LogP contribution >= 0.6 is 0 Å². The summed E-state index contributed by atoms with van der Waals surface area (Å²) in [6.45, 7) is 16.9. The van der Waals surface area contributed by atoms with Crippen LogP contribution in [0.25, 0.3) is 0 Å². The quantitative estimate of drug-likeness (QED) is 0.178. The average molecular weight is 607 g/mol. The maximum Gasteiger partial charge on any atom is 0.0637 e. The molecule has 0 amide bonds. The van der Waals surface area contributed by atoms with Gasteiger partial charge >= 0.3 is 0 Å². The Labute approximate surface area is 265 Å². The zero-order valence-corrected chi connectivity index (χ0v) is 28.7. The molecule has 4 fully saturated rings. The molecule has 0 radical (unpaired) electrons. The minimum Gasteiger partial charge on any atom is -0.378 e. The molecule has 4 rings (SSSR count). The lowest BCUT2D eigenvalue weighted by Gasteiger charge is -2.65. The highest BCUT2D eigenvalue weighted by Gasteiger charge is 2.66. The summed E-state index contributed by atoms with van der Waals surface area (Å²) in [5, 5.41) is 0. The highest BCUT2D eigenvalue weighted by Crippen LogP contribution is 2.69. The number of nitrogens with zero attached hydrogens (tertiary/aromatic N) is 1. The van der Waals surface area contributed by atoms with Gasteiger partial charge in [-0.2, -0.15) is 0 Å². The van der Waals surface area contributed by atoms with Crippen molar-refractivity contribution in [3.63, 3.8) is 0 Å². The van der Waals surface area contributed by atoms with Crippen molar-refractivity contribution in [3.05, 3.63) is 0 Å². The lowest BCUT2D eigenvalue weighted by molar-refractivity contribution is -0.227. The van der Waals surface area contributed by atoms with Crippen LogP contribution in [0.1, 0.15) is 105 Å². The molecule has 252 valence electrons. The summed E-state index contributed by atoms with van der Waals surface area (Å²) in [5.41, 5.74) is 18.2. The van der Waals surface area contributed by atoms with Crippen molar-refractivity contribution in [2.75, 3.05) is 59.6 Å². The molecule has 6 N–H and O–H groups in total. The molecule has 4 aliphatic rings. The fourth-order valence-corrected chi connectivity index (χ4v) is 10.6. The second-order valence-electron chi connectivity index (χ2n) is 15.5. The smallest absolute Gasteiger partial charge is 0.0637 e. The van der Waals surface area contributed by atoms with E-state index in [0.29, 0.717) is 78.9 Å². The van der Waals surface area contributed by atoms with Gasteiger partial charge in [-0.3, -0.25) is 0 Å². The Kier molecular flexibility index (Phi) is 13.7. The van der Waals surface area contributed by atoms with Gasteiger partial charge in [0.2, 0.25) is 0 Å². The van der Waals surface area contributed by atoms with Crippen LogP contribution in [0.5, 0.6) is 0 Å². The predicted octanol–water partition coefficient (Wildman–Crippen LogP) is 5.44. The Morgan fingerprint density at radius 3 is 2.16 bits per heavy atom. The fraction of sp³-hybridized carbons (Fsp3) is 1.00. The highest BCUT2D eigenvalue weighted by molar-refractivity contribution is 5.15. The van der Waals surface area contributed by atoms with E-state index in [-0.39, 0.29) is 5.41 Å². The van der Waals surface area contributed by atoms with Crippen LogP contribution in [0.3, 0.4) is 0 Å². The number of ether oxygens (including phenoxy) is 3. The molecule has 0 heterocycles. The highest BCUT2D eigenvalue weighted by atomic mass is 16.5. The SMILES string of the molecule is CCN(C)CCC[C@@H](C)[C@H]1CC[C@H]2C3C(OCCCN)CC4C[C@H](OCCCN)CC[C@]4(C)[C@H]3C[C@H](OCCCN)C12C. The average Bonchev–Trinajstić information content (AvgIpc) is 3.36. The lowest BCUT2D eigenvalue weighted by Crippen LogP contribution is -2.63. The van der Waals surface area contributed by atoms with Gasteiger partial charge in [0.15, 0.2) is 0 Å². The number of hydrogen-bond donors (Lipinski definition) is 3. The Morgan fingerprint density at radius 2 is 1.49 bits per heavy atom. The Morgan fingerprint density at radius 1 is 0.814 bits per heavy atom. The van der Waals surface area contributed by atoms with Crippen molar-refractivity contribution in [1.82, 2.24) is 4.90 Å². The van der Waals surface area contributed by atoms with Crippen molar-refractivity contribution in [3.8, 4) is 0 Å². The van der Waals surface area contributed by atoms with E-state index in [1.807, 2.05) is 0 Å². The topological polar surface area (TPSA) is 109 Å². The number of nitrogens with two attached hydrogens (primary N) is 3. The van der Waals surface area contributed by atoms with Crippen LogP contribution in [0.2, 0.25) is 0 Å². The first-order valence-electron chi connectivity index (χ1n) is 18.4. The largest absolute Gasteiger partial charge is 0.378 e. The van der Waals surface area contributed by atoms with E-state index < -0.39 is 0 Å². The van der Waals surface area contributed by atoms with Gasteiger partial charge < -0.3 is 36.3 Å². The molecule has 0 aromatic rings. The van der Waals surface area contributed by atoms with Crippen molar-refractivity contribution in [1.29, 1.82) is 0 Å². The van der Waals surface area contributed by atoms with Crippen LogP contribution in [-0.2, 0) is 14.2 Å². The van der Waals surface area contributed by atoms with E-state index in [0.717, 1.165) is 52.0 Å². The second kappa shape index (κ2) is 16.5. The van der Waals surface area contributed by atoms with E-state index in [1.165, 1.54) is 57.9 Å². The number of hydrogen-bond acceptors (Lipinski definition) is 7. The molecule has 11 atom stereocenters. The van der Waals surface area contributed by atoms with Gasteiger partial charge in [0, 0.05) is 25.2 Å². The first-order chi connectivity index (χ1) is 20.7. The third-order valence-corrected chi connectivity index (χ3v) is 13.2. The van der Waals surface area contributed by atoms with E-state index in [9.17, 15) is 0 Å². The summed E-state index contributed by atoms with van der Waals surface area (Å²) in [4.78, 5) is 2.45. The first kappa shape index (κ1) is 35.6. The van der Waals surface area contributed by atoms with Gasteiger partial charge in [-0.05, 0) is 158 Å². The van der Waals surface area contributed by atoms with Crippen LogP contribution < -0.4 is 17.2 Å². The monoisotopic (exact) mass is 607 g/mol. The third kappa shape index (κ3) is 7.82. The summed E-state index contributed by atoms with van der Waals surface area (Å²) in [7, 11) is 2.25. The van der Waals surface area contributed by atoms with Gasteiger partial charge in [0.25, 0.3) is 0 Å². The molecule has 0 aromatic carbocycles. The van der Waals surface area contributed by atoms with E-state index in [1.54, 1.807) is 0 Å². The standard InChI is InChI=1S/C36H70N4O3/c1-6-40(5)19-7-11-26(2)29-12-13-30-34-31(25-33(36(29,30)4)43-22-10-18-39)35(3)15-14-28(41-20-8-16-37)23-27(35)24-32(34)42-21-9-17-38/h26-34H,6-25,37-39H2,1-5H3/t26-,27?,28-,29-,30+,31+,32?,33+,34?,35+,36?/m1/s1. The molecule has 43 heavy (non-hydrogen) atoms. The molecule has 4 aliphatic carbocycles. The van der Waals surface area contributed by atoms with E-state index >= 15 is 0 Å². The van der Waals surface area contributed by atoms with Crippen molar-refractivity contribution >= 4 is 0 Å². The van der Waals surface area contributed by atoms with Crippen molar-refractivity contribution < 1.29 is 14.2 Å². The van der Waals surface area contributed by atoms with Crippen molar-refractivity contribution in [2.24, 2.45) is 63.5 Å². The Hall–Kier alpha value is -0.280. The maximum absolute atomic E-state index is 6.99. The summed E-state index contributed by atoms with van der Waals surface area (Å²) >= 11 is 0. The Balaban J connectivity index is 1.61. The van der Waals surface area contributed by atoms with Crippen molar-refractivity contribution in [2.45, 2.75) is 123 Å². The van der Waals surface area contributed by atoms with Crippen LogP contribution in [0.15, 0.2) is 0 Å². The van der Waals surface area contributed by atoms with Gasteiger partial charge in [-0.25, -0.2) is 0 Å². The zero-order chi connectivity index (χ0) is 31.0. The molecular weight excluding hydrogens is 536 g/mol. The molecule has 0 aliphatic heterocycles. The normalized spacial score (nSPS) is 39.8. The second-order valence-corrected chi connectivity index (χ2v) is 15.5. The Bertz CT molecular complexity index is 817. The van der Waals surface area contributed by atoms with Crippen LogP contribution in [-0.4, -0.2) is 82.8 Å². The molecule has 0 bridgehead atoms. The molecule has 7 heteroatoms. The predicted molar refractivity (Wildman–Crippen MR) is 178 cm³/mol. The fourth-order valence-electron chi connectivity index (χ4n) is 10.6. The third-order valence-electron chi connectivity index (χ3n) is 13.2. The maximum atomic E-state index is 6.99. The molecule has 0 saturated heterocycles.